The Hall–Kier alpha value is -3.44. The molecule has 2 N–H and O–H groups in total. The predicted octanol–water partition coefficient (Wildman–Crippen LogP) is 4.79. The Morgan fingerprint density at radius 1 is 0.804 bits per heavy atom. The van der Waals surface area contributed by atoms with Crippen LogP contribution in [-0.4, -0.2) is 56.6 Å². The number of esters is 1. The monoisotopic (exact) mass is 655 g/mol. The molecule has 46 heavy (non-hydrogen) atoms. The average Bonchev–Trinajstić information content (AvgIpc) is 3.49. The summed E-state index contributed by atoms with van der Waals surface area (Å²) < 4.78 is 52.6. The number of hydrogen-bond donors (Lipinski definition) is 2. The first-order valence-corrected chi connectivity index (χ1v) is 16.9. The van der Waals surface area contributed by atoms with Crippen LogP contribution in [0.25, 0.3) is 0 Å². The Balaban J connectivity index is 1.98. The molecule has 0 saturated heterocycles. The normalized spacial score (nSPS) is 16.2. The van der Waals surface area contributed by atoms with E-state index in [-0.39, 0.29) is 6.42 Å². The van der Waals surface area contributed by atoms with Gasteiger partial charge in [-0.2, -0.15) is 13.2 Å². The van der Waals surface area contributed by atoms with Gasteiger partial charge in [-0.3, -0.25) is 9.59 Å². The first kappa shape index (κ1) is 37.0. The molecule has 7 nitrogen and oxygen atoms in total. The third kappa shape index (κ3) is 10.0. The van der Waals surface area contributed by atoms with Gasteiger partial charge < -0.3 is 19.8 Å². The van der Waals surface area contributed by atoms with E-state index in [1.165, 1.54) is 0 Å². The quantitative estimate of drug-likeness (QED) is 0.254. The Morgan fingerprint density at radius 3 is 1.78 bits per heavy atom. The lowest BCUT2D eigenvalue weighted by atomic mass is 10.1. The van der Waals surface area contributed by atoms with Crippen LogP contribution in [0.4, 0.5) is 13.2 Å². The SMILES string of the molecule is CC(C)(C)OC(=O)[C@@H](C/C=C/[C]1[CH][CH][CH][CH]1)NC(=O)[C@H](CO[Si](c1ccccc1)(c1ccccc1)C(C)(C)C)NC(=O)C(F)(F)F. The molecule has 0 bridgehead atoms. The molecular formula is C35H42F3N2O5Si. The summed E-state index contributed by atoms with van der Waals surface area (Å²) in [5, 5.41) is 5.43. The van der Waals surface area contributed by atoms with Crippen LogP contribution in [0.2, 0.25) is 5.04 Å². The molecule has 1 aliphatic rings. The molecule has 3 rings (SSSR count). The number of carbonyl (C=O) groups excluding carboxylic acids is 3. The van der Waals surface area contributed by atoms with E-state index in [0.717, 1.165) is 16.3 Å². The number of hydrogen-bond acceptors (Lipinski definition) is 5. The lowest BCUT2D eigenvalue weighted by Gasteiger charge is -2.43. The zero-order chi connectivity index (χ0) is 34.2. The zero-order valence-electron chi connectivity index (χ0n) is 27.0. The Labute approximate surface area is 271 Å². The van der Waals surface area contributed by atoms with Crippen LogP contribution >= 0.6 is 0 Å². The topological polar surface area (TPSA) is 93.7 Å². The number of ether oxygens (including phenoxy) is 1. The first-order valence-electron chi connectivity index (χ1n) is 15.0. The van der Waals surface area contributed by atoms with Gasteiger partial charge in [0.15, 0.2) is 0 Å². The van der Waals surface area contributed by atoms with Gasteiger partial charge in [-0.25, -0.2) is 4.79 Å². The molecule has 1 aliphatic carbocycles. The van der Waals surface area contributed by atoms with E-state index in [2.05, 4.69) is 5.32 Å². The summed E-state index contributed by atoms with van der Waals surface area (Å²) in [6, 6.07) is 15.6. The summed E-state index contributed by atoms with van der Waals surface area (Å²) in [4.78, 5) is 39.1. The third-order valence-corrected chi connectivity index (χ3v) is 12.1. The highest BCUT2D eigenvalue weighted by Crippen LogP contribution is 2.37. The van der Waals surface area contributed by atoms with Gasteiger partial charge in [-0.05, 0) is 68.3 Å². The number of carbonyl (C=O) groups is 3. The molecule has 1 fully saturated rings. The first-order chi connectivity index (χ1) is 21.4. The average molecular weight is 656 g/mol. The van der Waals surface area contributed by atoms with Crippen molar-refractivity contribution in [1.29, 1.82) is 0 Å². The Morgan fingerprint density at radius 2 is 1.33 bits per heavy atom. The van der Waals surface area contributed by atoms with Crippen LogP contribution in [0.1, 0.15) is 48.0 Å². The summed E-state index contributed by atoms with van der Waals surface area (Å²) in [6.45, 7) is 10.3. The molecule has 2 aromatic carbocycles. The largest absolute Gasteiger partial charge is 0.471 e. The lowest BCUT2D eigenvalue weighted by molar-refractivity contribution is -0.175. The Kier molecular flexibility index (Phi) is 12.4. The van der Waals surface area contributed by atoms with E-state index < -0.39 is 61.6 Å². The fourth-order valence-electron chi connectivity index (χ4n) is 5.09. The van der Waals surface area contributed by atoms with Gasteiger partial charge in [-0.1, -0.05) is 93.6 Å². The maximum atomic E-state index is 13.7. The van der Waals surface area contributed by atoms with Crippen molar-refractivity contribution in [2.24, 2.45) is 0 Å². The van der Waals surface area contributed by atoms with Crippen molar-refractivity contribution in [1.82, 2.24) is 10.6 Å². The van der Waals surface area contributed by atoms with E-state index in [1.54, 1.807) is 38.2 Å². The number of amides is 2. The molecular weight excluding hydrogens is 613 g/mol. The fraction of sp³-hybridized carbons (Fsp3) is 0.371. The smallest absolute Gasteiger partial charge is 0.458 e. The molecule has 0 spiro atoms. The van der Waals surface area contributed by atoms with Crippen molar-refractivity contribution >= 4 is 36.5 Å². The fourth-order valence-corrected chi connectivity index (χ4v) is 9.66. The number of rotatable bonds is 12. The van der Waals surface area contributed by atoms with E-state index in [0.29, 0.717) is 0 Å². The van der Waals surface area contributed by atoms with Crippen LogP contribution in [0.3, 0.4) is 0 Å². The second-order valence-corrected chi connectivity index (χ2v) is 17.3. The molecule has 0 aromatic heterocycles. The Bertz CT molecular complexity index is 1290. The van der Waals surface area contributed by atoms with Crippen LogP contribution in [0.15, 0.2) is 72.8 Å². The van der Waals surface area contributed by atoms with Crippen molar-refractivity contribution in [2.75, 3.05) is 6.61 Å². The van der Waals surface area contributed by atoms with Crippen molar-refractivity contribution in [3.05, 3.63) is 104 Å². The van der Waals surface area contributed by atoms with Crippen LogP contribution in [0.5, 0.6) is 0 Å². The molecule has 5 radical (unpaired) electrons. The summed E-state index contributed by atoms with van der Waals surface area (Å²) in [5.41, 5.74) is -0.897. The molecule has 0 unspecified atom stereocenters. The summed E-state index contributed by atoms with van der Waals surface area (Å²) in [6.07, 6.45) is 5.51. The molecule has 2 amide bonds. The highest BCUT2D eigenvalue weighted by Gasteiger charge is 2.51. The van der Waals surface area contributed by atoms with Gasteiger partial charge >= 0.3 is 18.1 Å². The maximum absolute atomic E-state index is 13.7. The molecule has 1 saturated carbocycles. The number of benzene rings is 2. The molecule has 11 heteroatoms. The number of halogens is 3. The lowest BCUT2D eigenvalue weighted by Crippen LogP contribution is -2.68. The molecule has 2 atom stereocenters. The summed E-state index contributed by atoms with van der Waals surface area (Å²) >= 11 is 0. The van der Waals surface area contributed by atoms with E-state index >= 15 is 0 Å². The number of alkyl halides is 3. The number of allylic oxidation sites excluding steroid dienone is 1. The van der Waals surface area contributed by atoms with Crippen molar-refractivity contribution in [3.8, 4) is 0 Å². The van der Waals surface area contributed by atoms with Gasteiger partial charge in [0.1, 0.15) is 17.7 Å². The molecule has 0 aliphatic heterocycles. The minimum Gasteiger partial charge on any atom is -0.458 e. The second-order valence-electron chi connectivity index (χ2n) is 12.9. The van der Waals surface area contributed by atoms with Gasteiger partial charge in [-0.15, -0.1) is 0 Å². The minimum absolute atomic E-state index is 0.0126. The van der Waals surface area contributed by atoms with Crippen molar-refractivity contribution in [2.45, 2.75) is 76.9 Å². The van der Waals surface area contributed by atoms with Crippen LogP contribution in [0, 0.1) is 31.6 Å². The van der Waals surface area contributed by atoms with E-state index in [4.69, 9.17) is 9.16 Å². The molecule has 0 heterocycles. The van der Waals surface area contributed by atoms with Crippen molar-refractivity contribution in [3.63, 3.8) is 0 Å². The minimum atomic E-state index is -5.26. The standard InChI is InChI=1S/C35H42F3N2O5Si/c1-33(2,3)45-31(42)28(23-15-18-25-16-13-14-17-25)39-30(41)29(40-32(43)35(36,37)38)24-44-46(34(4,5)6,26-19-9-7-10-20-26)27-21-11-8-12-22-27/h7-22,28-29H,23-24H2,1-6H3,(H,39,41)(H,40,43)/b18-15+/t28-,29+/m1/s1. The van der Waals surface area contributed by atoms with Gasteiger partial charge in [0.05, 0.1) is 6.61 Å². The highest BCUT2D eigenvalue weighted by molar-refractivity contribution is 6.99. The van der Waals surface area contributed by atoms with E-state index in [9.17, 15) is 27.6 Å². The van der Waals surface area contributed by atoms with E-state index in [1.807, 2.05) is 107 Å². The van der Waals surface area contributed by atoms with Gasteiger partial charge in [0, 0.05) is 5.92 Å². The molecule has 247 valence electrons. The van der Waals surface area contributed by atoms with Crippen LogP contribution in [-0.2, 0) is 23.5 Å². The zero-order valence-corrected chi connectivity index (χ0v) is 28.0. The predicted molar refractivity (Wildman–Crippen MR) is 174 cm³/mol. The summed E-state index contributed by atoms with van der Waals surface area (Å²) in [5.74, 6) is -3.23. The molecule has 2 aromatic rings. The highest BCUT2D eigenvalue weighted by atomic mass is 28.4. The summed E-state index contributed by atoms with van der Waals surface area (Å²) in [7, 11) is -3.32. The maximum Gasteiger partial charge on any atom is 0.471 e. The van der Waals surface area contributed by atoms with Gasteiger partial charge in [0.25, 0.3) is 8.32 Å². The second kappa shape index (κ2) is 15.4. The third-order valence-electron chi connectivity index (χ3n) is 7.14. The van der Waals surface area contributed by atoms with Crippen molar-refractivity contribution < 1.29 is 36.7 Å². The van der Waals surface area contributed by atoms with Gasteiger partial charge in [0.2, 0.25) is 5.91 Å². The number of nitrogens with one attached hydrogen (secondary N) is 2. The van der Waals surface area contributed by atoms with Crippen LogP contribution < -0.4 is 21.0 Å².